The van der Waals surface area contributed by atoms with Gasteiger partial charge in [-0.3, -0.25) is 4.98 Å². The zero-order valence-corrected chi connectivity index (χ0v) is 11.9. The Bertz CT molecular complexity index is 649. The average molecular weight is 269 g/mol. The number of hydrogen-bond acceptors (Lipinski definition) is 3. The number of ether oxygens (including phenoxy) is 2. The van der Waals surface area contributed by atoms with Gasteiger partial charge in [0.25, 0.3) is 0 Å². The van der Waals surface area contributed by atoms with Crippen molar-refractivity contribution in [2.45, 2.75) is 25.2 Å². The van der Waals surface area contributed by atoms with Crippen LogP contribution in [-0.2, 0) is 0 Å². The maximum atomic E-state index is 5.42. The molecule has 1 atom stereocenters. The Balaban J connectivity index is 2.17. The van der Waals surface area contributed by atoms with Gasteiger partial charge in [-0.1, -0.05) is 12.2 Å². The highest BCUT2D eigenvalue weighted by Gasteiger charge is 2.16. The lowest BCUT2D eigenvalue weighted by atomic mass is 9.87. The van der Waals surface area contributed by atoms with Crippen LogP contribution in [0, 0.1) is 0 Å². The zero-order chi connectivity index (χ0) is 13.9. The highest BCUT2D eigenvalue weighted by molar-refractivity contribution is 5.86. The monoisotopic (exact) mass is 269 g/mol. The van der Waals surface area contributed by atoms with Crippen molar-refractivity contribution >= 4 is 10.9 Å². The molecule has 3 nitrogen and oxygen atoms in total. The Morgan fingerprint density at radius 2 is 1.95 bits per heavy atom. The number of rotatable bonds is 3. The van der Waals surface area contributed by atoms with Crippen molar-refractivity contribution < 1.29 is 9.47 Å². The molecule has 1 aliphatic rings. The van der Waals surface area contributed by atoms with Gasteiger partial charge in [0, 0.05) is 23.6 Å². The fourth-order valence-corrected chi connectivity index (χ4v) is 2.89. The zero-order valence-electron chi connectivity index (χ0n) is 11.9. The first-order chi connectivity index (χ1) is 9.83. The van der Waals surface area contributed by atoms with Crippen LogP contribution in [0.3, 0.4) is 0 Å². The number of allylic oxidation sites excluding steroid dienone is 2. The summed E-state index contributed by atoms with van der Waals surface area (Å²) in [4.78, 5) is 4.46. The Kier molecular flexibility index (Phi) is 3.59. The molecule has 0 fully saturated rings. The van der Waals surface area contributed by atoms with Crippen LogP contribution in [0.25, 0.3) is 10.9 Å². The van der Waals surface area contributed by atoms with E-state index in [1.165, 1.54) is 24.8 Å². The molecule has 0 bridgehead atoms. The third-order valence-corrected chi connectivity index (χ3v) is 3.93. The van der Waals surface area contributed by atoms with Gasteiger partial charge in [-0.15, -0.1) is 0 Å². The van der Waals surface area contributed by atoms with Crippen molar-refractivity contribution in [2.75, 3.05) is 14.2 Å². The number of hydrogen-bond donors (Lipinski definition) is 0. The number of benzene rings is 1. The minimum absolute atomic E-state index is 0.479. The van der Waals surface area contributed by atoms with Crippen molar-refractivity contribution in [3.05, 3.63) is 42.1 Å². The van der Waals surface area contributed by atoms with Gasteiger partial charge in [-0.05, 0) is 37.0 Å². The average Bonchev–Trinajstić information content (AvgIpc) is 2.53. The summed E-state index contributed by atoms with van der Waals surface area (Å²) in [5.41, 5.74) is 2.28. The lowest BCUT2D eigenvalue weighted by molar-refractivity contribution is 0.355. The van der Waals surface area contributed by atoms with Crippen LogP contribution in [0.2, 0.25) is 0 Å². The smallest absolute Gasteiger partial charge is 0.162 e. The number of methoxy groups -OCH3 is 2. The Hall–Kier alpha value is -2.03. The van der Waals surface area contributed by atoms with E-state index in [0.717, 1.165) is 22.4 Å². The molecule has 3 heteroatoms. The third-order valence-electron chi connectivity index (χ3n) is 3.93. The van der Waals surface area contributed by atoms with Crippen LogP contribution in [-0.4, -0.2) is 19.2 Å². The van der Waals surface area contributed by atoms with E-state index in [0.29, 0.717) is 5.92 Å². The minimum Gasteiger partial charge on any atom is -0.493 e. The van der Waals surface area contributed by atoms with Crippen LogP contribution in [0.5, 0.6) is 11.5 Å². The van der Waals surface area contributed by atoms with Crippen molar-refractivity contribution in [3.8, 4) is 11.5 Å². The van der Waals surface area contributed by atoms with Crippen LogP contribution in [0.1, 0.15) is 30.7 Å². The fourth-order valence-electron chi connectivity index (χ4n) is 2.89. The number of fused-ring (bicyclic) bond motifs is 1. The normalized spacial score (nSPS) is 18.2. The van der Waals surface area contributed by atoms with Gasteiger partial charge in [-0.25, -0.2) is 0 Å². The second-order valence-corrected chi connectivity index (χ2v) is 5.09. The summed E-state index contributed by atoms with van der Waals surface area (Å²) in [6.45, 7) is 0. The van der Waals surface area contributed by atoms with Crippen molar-refractivity contribution in [2.24, 2.45) is 0 Å². The Morgan fingerprint density at radius 1 is 1.15 bits per heavy atom. The molecule has 1 aliphatic carbocycles. The number of nitrogens with zero attached hydrogens (tertiary/aromatic N) is 1. The molecule has 1 heterocycles. The van der Waals surface area contributed by atoms with Gasteiger partial charge in [-0.2, -0.15) is 0 Å². The SMILES string of the molecule is COc1cc2nccc(C3C=CCCC3)c2cc1OC. The van der Waals surface area contributed by atoms with Crippen molar-refractivity contribution in [1.29, 1.82) is 0 Å². The van der Waals surface area contributed by atoms with Crippen molar-refractivity contribution in [1.82, 2.24) is 4.98 Å². The molecule has 1 aromatic heterocycles. The summed E-state index contributed by atoms with van der Waals surface area (Å²) in [5.74, 6) is 1.96. The molecule has 0 saturated heterocycles. The maximum absolute atomic E-state index is 5.42. The van der Waals surface area contributed by atoms with Crippen LogP contribution >= 0.6 is 0 Å². The molecule has 1 aromatic carbocycles. The molecule has 2 aromatic rings. The Morgan fingerprint density at radius 3 is 2.65 bits per heavy atom. The van der Waals surface area contributed by atoms with Gasteiger partial charge >= 0.3 is 0 Å². The van der Waals surface area contributed by atoms with E-state index in [4.69, 9.17) is 9.47 Å². The van der Waals surface area contributed by atoms with E-state index < -0.39 is 0 Å². The first-order valence-corrected chi connectivity index (χ1v) is 7.01. The van der Waals surface area contributed by atoms with Crippen LogP contribution in [0.15, 0.2) is 36.5 Å². The predicted molar refractivity (Wildman–Crippen MR) is 80.6 cm³/mol. The van der Waals surface area contributed by atoms with E-state index in [2.05, 4.69) is 23.2 Å². The Labute approximate surface area is 119 Å². The summed E-state index contributed by atoms with van der Waals surface area (Å²) in [6.07, 6.45) is 10.1. The standard InChI is InChI=1S/C17H19NO2/c1-19-16-10-14-13(12-6-4-3-5-7-12)8-9-18-15(14)11-17(16)20-2/h4,6,8-12H,3,5,7H2,1-2H3. The van der Waals surface area contributed by atoms with Gasteiger partial charge in [0.05, 0.1) is 19.7 Å². The highest BCUT2D eigenvalue weighted by atomic mass is 16.5. The third kappa shape index (κ3) is 2.24. The molecule has 0 spiro atoms. The van der Waals surface area contributed by atoms with Crippen LogP contribution in [0.4, 0.5) is 0 Å². The molecule has 0 aliphatic heterocycles. The second-order valence-electron chi connectivity index (χ2n) is 5.09. The molecule has 20 heavy (non-hydrogen) atoms. The summed E-state index contributed by atoms with van der Waals surface area (Å²) < 4.78 is 10.8. The fraction of sp³-hybridized carbons (Fsp3) is 0.353. The summed E-state index contributed by atoms with van der Waals surface area (Å²) in [5, 5.41) is 1.15. The lowest BCUT2D eigenvalue weighted by Gasteiger charge is -2.19. The molecule has 0 saturated carbocycles. The summed E-state index contributed by atoms with van der Waals surface area (Å²) in [7, 11) is 3.32. The molecule has 0 amide bonds. The molecule has 0 radical (unpaired) electrons. The minimum atomic E-state index is 0.479. The van der Waals surface area contributed by atoms with Crippen LogP contribution < -0.4 is 9.47 Å². The molecule has 1 unspecified atom stereocenters. The topological polar surface area (TPSA) is 31.4 Å². The predicted octanol–water partition coefficient (Wildman–Crippen LogP) is 4.08. The van der Waals surface area contributed by atoms with E-state index in [-0.39, 0.29) is 0 Å². The number of pyridine rings is 1. The highest BCUT2D eigenvalue weighted by Crippen LogP contribution is 2.37. The van der Waals surface area contributed by atoms with Crippen molar-refractivity contribution in [3.63, 3.8) is 0 Å². The number of aromatic nitrogens is 1. The molecule has 104 valence electrons. The van der Waals surface area contributed by atoms with Gasteiger partial charge < -0.3 is 9.47 Å². The molecular formula is C17H19NO2. The lowest BCUT2D eigenvalue weighted by Crippen LogP contribution is -2.01. The van der Waals surface area contributed by atoms with E-state index in [9.17, 15) is 0 Å². The largest absolute Gasteiger partial charge is 0.493 e. The van der Waals surface area contributed by atoms with E-state index in [1.807, 2.05) is 18.3 Å². The molecular weight excluding hydrogens is 250 g/mol. The first kappa shape index (κ1) is 13.0. The molecule has 3 rings (SSSR count). The maximum Gasteiger partial charge on any atom is 0.162 e. The quantitative estimate of drug-likeness (QED) is 0.787. The van der Waals surface area contributed by atoms with E-state index in [1.54, 1.807) is 14.2 Å². The van der Waals surface area contributed by atoms with Gasteiger partial charge in [0.1, 0.15) is 0 Å². The summed E-state index contributed by atoms with van der Waals surface area (Å²) in [6, 6.07) is 6.11. The van der Waals surface area contributed by atoms with Gasteiger partial charge in [0.15, 0.2) is 11.5 Å². The first-order valence-electron chi connectivity index (χ1n) is 7.01. The summed E-state index contributed by atoms with van der Waals surface area (Å²) >= 11 is 0. The molecule has 0 N–H and O–H groups in total. The van der Waals surface area contributed by atoms with Gasteiger partial charge in [0.2, 0.25) is 0 Å². The second kappa shape index (κ2) is 5.53. The van der Waals surface area contributed by atoms with E-state index >= 15 is 0 Å².